The first kappa shape index (κ1) is 37.4. The van der Waals surface area contributed by atoms with Crippen LogP contribution in [-0.2, 0) is 0 Å². The normalized spacial score (nSPS) is 11.1. The van der Waals surface area contributed by atoms with Gasteiger partial charge in [-0.1, -0.05) is 60.7 Å². The summed E-state index contributed by atoms with van der Waals surface area (Å²) in [5.41, 5.74) is 12.8. The summed E-state index contributed by atoms with van der Waals surface area (Å²) in [6, 6.07) is 29.7. The number of phenolic OH excluding ortho intramolecular Hbond substituents is 6. The Bertz CT molecular complexity index is 2030. The van der Waals surface area contributed by atoms with Crippen LogP contribution < -0.4 is 0 Å². The highest BCUT2D eigenvalue weighted by Gasteiger charge is 2.27. The van der Waals surface area contributed by atoms with Gasteiger partial charge in [-0.15, -0.1) is 0 Å². The van der Waals surface area contributed by atoms with Gasteiger partial charge in [-0.2, -0.15) is 0 Å². The molecule has 0 unspecified atom stereocenters. The molecule has 6 aromatic carbocycles. The number of hydrogen-bond donors (Lipinski definition) is 6. The molecular weight excluding hydrogens is 649 g/mol. The summed E-state index contributed by atoms with van der Waals surface area (Å²) < 4.78 is 0. The molecule has 52 heavy (non-hydrogen) atoms. The standard InChI is InChI=1S/2C23H24O3/c1-13-9-18(10-14(2)22(13)25)21(17-5-7-20(24)8-6-17)19-11-15(3)23(26)16(4)12-19;1-13-9-15(3)21(19(25)11-13)23(17-5-7-18(24)8-6-17)22-16(4)10-14(2)12-20(22)26/h5-12,21,24-26H,1-4H3;5-12,23-26H,1-4H3. The molecule has 6 rings (SSSR count). The molecule has 0 fully saturated rings. The van der Waals surface area contributed by atoms with Gasteiger partial charge >= 0.3 is 0 Å². The zero-order valence-corrected chi connectivity index (χ0v) is 31.1. The predicted octanol–water partition coefficient (Wildman–Crippen LogP) is 10.4. The summed E-state index contributed by atoms with van der Waals surface area (Å²) >= 11 is 0. The molecule has 0 aliphatic rings. The zero-order chi connectivity index (χ0) is 38.0. The van der Waals surface area contributed by atoms with E-state index in [0.29, 0.717) is 11.5 Å². The van der Waals surface area contributed by atoms with E-state index in [1.165, 1.54) is 0 Å². The maximum absolute atomic E-state index is 10.7. The van der Waals surface area contributed by atoms with Crippen molar-refractivity contribution in [3.63, 3.8) is 0 Å². The Balaban J connectivity index is 0.000000201. The van der Waals surface area contributed by atoms with Crippen LogP contribution in [-0.4, -0.2) is 30.6 Å². The van der Waals surface area contributed by atoms with Crippen molar-refractivity contribution in [3.8, 4) is 34.5 Å². The zero-order valence-electron chi connectivity index (χ0n) is 31.1. The number of rotatable bonds is 6. The summed E-state index contributed by atoms with van der Waals surface area (Å²) in [4.78, 5) is 0. The van der Waals surface area contributed by atoms with Gasteiger partial charge in [-0.3, -0.25) is 0 Å². The number of phenols is 6. The Morgan fingerprint density at radius 1 is 0.327 bits per heavy atom. The molecule has 0 radical (unpaired) electrons. The molecule has 0 saturated carbocycles. The predicted molar refractivity (Wildman–Crippen MR) is 208 cm³/mol. The van der Waals surface area contributed by atoms with Crippen molar-refractivity contribution in [2.75, 3.05) is 0 Å². The lowest BCUT2D eigenvalue weighted by molar-refractivity contribution is 0.457. The average molecular weight is 697 g/mol. The van der Waals surface area contributed by atoms with Crippen molar-refractivity contribution < 1.29 is 30.6 Å². The second kappa shape index (κ2) is 15.2. The third-order valence-electron chi connectivity index (χ3n) is 9.74. The van der Waals surface area contributed by atoms with Gasteiger partial charge in [0, 0.05) is 23.0 Å². The summed E-state index contributed by atoms with van der Waals surface area (Å²) in [5, 5.41) is 61.1. The number of aryl methyl sites for hydroxylation is 8. The Morgan fingerprint density at radius 2 is 0.635 bits per heavy atom. The van der Waals surface area contributed by atoms with Crippen LogP contribution in [0.2, 0.25) is 0 Å². The van der Waals surface area contributed by atoms with Crippen LogP contribution in [0.5, 0.6) is 34.5 Å². The van der Waals surface area contributed by atoms with E-state index in [2.05, 4.69) is 0 Å². The molecular formula is C46H48O6. The molecule has 6 heteroatoms. The van der Waals surface area contributed by atoms with Gasteiger partial charge in [0.1, 0.15) is 34.5 Å². The van der Waals surface area contributed by atoms with Crippen molar-refractivity contribution in [1.82, 2.24) is 0 Å². The van der Waals surface area contributed by atoms with E-state index in [1.54, 1.807) is 36.4 Å². The van der Waals surface area contributed by atoms with E-state index in [4.69, 9.17) is 0 Å². The lowest BCUT2D eigenvalue weighted by atomic mass is 9.79. The highest BCUT2D eigenvalue weighted by molar-refractivity contribution is 5.59. The third-order valence-corrected chi connectivity index (χ3v) is 9.74. The minimum atomic E-state index is -0.336. The maximum Gasteiger partial charge on any atom is 0.121 e. The first-order chi connectivity index (χ1) is 24.5. The Morgan fingerprint density at radius 3 is 0.942 bits per heavy atom. The van der Waals surface area contributed by atoms with E-state index in [-0.39, 0.29) is 34.8 Å². The minimum absolute atomic E-state index is 0.0633. The lowest BCUT2D eigenvalue weighted by Gasteiger charge is -2.25. The largest absolute Gasteiger partial charge is 0.508 e. The lowest BCUT2D eigenvalue weighted by Crippen LogP contribution is -2.08. The van der Waals surface area contributed by atoms with Crippen LogP contribution in [0.25, 0.3) is 0 Å². The highest BCUT2D eigenvalue weighted by Crippen LogP contribution is 2.44. The van der Waals surface area contributed by atoms with E-state index >= 15 is 0 Å². The molecule has 0 spiro atoms. The highest BCUT2D eigenvalue weighted by atomic mass is 16.3. The minimum Gasteiger partial charge on any atom is -0.508 e. The van der Waals surface area contributed by atoms with Crippen molar-refractivity contribution in [2.45, 2.75) is 67.2 Å². The maximum atomic E-state index is 10.7. The second-order valence-corrected chi connectivity index (χ2v) is 14.1. The van der Waals surface area contributed by atoms with E-state index < -0.39 is 0 Å². The number of aromatic hydroxyl groups is 6. The van der Waals surface area contributed by atoms with Crippen molar-refractivity contribution in [2.24, 2.45) is 0 Å². The fraction of sp³-hybridized carbons (Fsp3) is 0.217. The van der Waals surface area contributed by atoms with Gasteiger partial charge in [-0.25, -0.2) is 0 Å². The quantitative estimate of drug-likeness (QED) is 0.0964. The first-order valence-electron chi connectivity index (χ1n) is 17.3. The van der Waals surface area contributed by atoms with Gasteiger partial charge < -0.3 is 30.6 Å². The summed E-state index contributed by atoms with van der Waals surface area (Å²) in [6.45, 7) is 15.4. The van der Waals surface area contributed by atoms with Crippen molar-refractivity contribution >= 4 is 0 Å². The van der Waals surface area contributed by atoms with Crippen LogP contribution in [0, 0.1) is 55.4 Å². The monoisotopic (exact) mass is 696 g/mol. The average Bonchev–Trinajstić information content (AvgIpc) is 3.06. The molecule has 0 aliphatic carbocycles. The van der Waals surface area contributed by atoms with E-state index in [9.17, 15) is 30.6 Å². The summed E-state index contributed by atoms with van der Waals surface area (Å²) in [5.74, 6) is 1.06. The van der Waals surface area contributed by atoms with E-state index in [0.717, 1.165) is 77.9 Å². The molecule has 6 aromatic rings. The Labute approximate surface area is 306 Å². The molecule has 0 heterocycles. The SMILES string of the molecule is Cc1cc(C(c2ccc(O)cc2)c2cc(C)c(O)c(C)c2)cc(C)c1O.Cc1cc(C)c(C(c2ccc(O)cc2)c2c(C)cc(C)cc2O)c(O)c1. The number of hydrogen-bond acceptors (Lipinski definition) is 6. The van der Waals surface area contributed by atoms with Gasteiger partial charge in [0.2, 0.25) is 0 Å². The molecule has 0 aliphatic heterocycles. The van der Waals surface area contributed by atoms with Gasteiger partial charge in [0.25, 0.3) is 0 Å². The van der Waals surface area contributed by atoms with Crippen molar-refractivity contribution in [3.05, 3.63) is 175 Å². The van der Waals surface area contributed by atoms with Gasteiger partial charge in [0.05, 0.1) is 0 Å². The first-order valence-corrected chi connectivity index (χ1v) is 17.3. The Kier molecular flexibility index (Phi) is 10.9. The summed E-state index contributed by atoms with van der Waals surface area (Å²) in [6.07, 6.45) is 0. The smallest absolute Gasteiger partial charge is 0.121 e. The molecule has 0 aromatic heterocycles. The Hall–Kier alpha value is -5.88. The van der Waals surface area contributed by atoms with Crippen molar-refractivity contribution in [1.29, 1.82) is 0 Å². The van der Waals surface area contributed by atoms with Gasteiger partial charge in [-0.05, 0) is 159 Å². The van der Waals surface area contributed by atoms with Crippen LogP contribution in [0.4, 0.5) is 0 Å². The van der Waals surface area contributed by atoms with E-state index in [1.807, 2.05) is 116 Å². The topological polar surface area (TPSA) is 121 Å². The molecule has 0 bridgehead atoms. The van der Waals surface area contributed by atoms with Crippen LogP contribution >= 0.6 is 0 Å². The molecule has 0 amide bonds. The summed E-state index contributed by atoms with van der Waals surface area (Å²) in [7, 11) is 0. The molecule has 6 N–H and O–H groups in total. The van der Waals surface area contributed by atoms with Crippen LogP contribution in [0.3, 0.4) is 0 Å². The fourth-order valence-corrected chi connectivity index (χ4v) is 7.36. The third kappa shape index (κ3) is 7.87. The number of benzene rings is 6. The molecule has 268 valence electrons. The van der Waals surface area contributed by atoms with Gasteiger partial charge in [0.15, 0.2) is 0 Å². The molecule has 6 nitrogen and oxygen atoms in total. The second-order valence-electron chi connectivity index (χ2n) is 14.1. The fourth-order valence-electron chi connectivity index (χ4n) is 7.36. The van der Waals surface area contributed by atoms with Crippen LogP contribution in [0.15, 0.2) is 97.1 Å². The molecule has 0 saturated heterocycles. The molecule has 0 atom stereocenters. The van der Waals surface area contributed by atoms with Crippen LogP contribution in [0.1, 0.15) is 89.7 Å².